The zero-order valence-corrected chi connectivity index (χ0v) is 39.1. The van der Waals surface area contributed by atoms with Crippen molar-refractivity contribution in [3.8, 4) is 0 Å². The first-order valence-corrected chi connectivity index (χ1v) is 212. The third-order valence-electron chi connectivity index (χ3n) is 0.750. The fourth-order valence-corrected chi connectivity index (χ4v) is 23600. The molecule has 0 aliphatic rings. The zero-order chi connectivity index (χ0) is 4.83. The van der Waals surface area contributed by atoms with Crippen LogP contribution in [0.2, 0.25) is 0 Å². The first-order valence-electron chi connectivity index (χ1n) is 2.50. The van der Waals surface area contributed by atoms with Crippen LogP contribution in [0.1, 0.15) is 0 Å². The average molecular weight is 1360 g/mol. The zero-order valence-electron chi connectivity index (χ0n) is 4.24. The first-order chi connectivity index (χ1) is 2.91. The topological polar surface area (TPSA) is 0 Å². The molecule has 0 aromatic carbocycles. The fraction of sp³-hybridized carbons (Fsp3) is 0. The molecule has 0 heterocycles. The molecule has 0 rings (SSSR count). The predicted molar refractivity (Wildman–Crippen MR) is 0 cm³/mol. The summed E-state index contributed by atoms with van der Waals surface area (Å²) in [5.74, 6) is 0. The van der Waals surface area contributed by atoms with E-state index in [0.29, 0.717) is 53.0 Å². The molecule has 6 heavy (non-hydrogen) atoms. The van der Waals surface area contributed by atoms with E-state index in [1.165, 1.54) is 58.3 Å². The summed E-state index contributed by atoms with van der Waals surface area (Å²) in [6, 6.07) is 0. The Labute approximate surface area is 100 Å². The number of hydrogen-bond acceptors (Lipinski definition) is 0. The minimum absolute atomic E-state index is 0.413. The van der Waals surface area contributed by atoms with Gasteiger partial charge in [-0.1, -0.05) is 0 Å². The van der Waals surface area contributed by atoms with Crippen LogP contribution in [0, 0.1) is 111 Å². The van der Waals surface area contributed by atoms with Gasteiger partial charge in [0.05, 0.1) is 0 Å². The molecule has 0 aliphatic carbocycles. The number of rotatable bonds is 3. The van der Waals surface area contributed by atoms with Crippen molar-refractivity contribution in [3.05, 3.63) is 0 Å². The summed E-state index contributed by atoms with van der Waals surface area (Å²) in [4.78, 5) is 0. The van der Waals surface area contributed by atoms with E-state index in [0.717, 1.165) is 0 Å². The first kappa shape index (κ1) is 14.8. The van der Waals surface area contributed by atoms with Crippen LogP contribution in [-0.4, -0.2) is 0 Å². The summed E-state index contributed by atoms with van der Waals surface area (Å²) in [5, 5.41) is 0. The van der Waals surface area contributed by atoms with Gasteiger partial charge in [-0.05, 0) is 0 Å². The summed E-state index contributed by atoms with van der Waals surface area (Å²) in [6.45, 7) is 0. The maximum atomic E-state index is 1.43. The van der Waals surface area contributed by atoms with Crippen LogP contribution in [0.4, 0.5) is 0 Å². The van der Waals surface area contributed by atoms with E-state index in [-0.39, 0.29) is 0 Å². The van der Waals surface area contributed by atoms with Gasteiger partial charge in [-0.25, -0.2) is 0 Å². The molecule has 0 amide bonds. The van der Waals surface area contributed by atoms with Crippen LogP contribution in [0.5, 0.6) is 0 Å². The van der Waals surface area contributed by atoms with Gasteiger partial charge in [-0.15, -0.1) is 0 Å². The third kappa shape index (κ3) is 12.8. The van der Waals surface area contributed by atoms with Gasteiger partial charge >= 0.3 is 111 Å². The van der Waals surface area contributed by atoms with Crippen LogP contribution >= 0.6 is 0 Å². The monoisotopic (exact) mass is 1360 g/mol. The van der Waals surface area contributed by atoms with Crippen molar-refractivity contribution in [1.82, 2.24) is 0 Å². The van der Waals surface area contributed by atoms with E-state index in [4.69, 9.17) is 0 Å². The van der Waals surface area contributed by atoms with Gasteiger partial charge in [0.2, 0.25) is 0 Å². The van der Waals surface area contributed by atoms with Crippen LogP contribution < -0.4 is 0 Å². The van der Waals surface area contributed by atoms with Gasteiger partial charge in [0.1, 0.15) is 0 Å². The second-order valence-corrected chi connectivity index (χ2v) is 1110. The minimum atomic E-state index is 0.413. The summed E-state index contributed by atoms with van der Waals surface area (Å²) in [5.41, 5.74) is 0. The van der Waals surface area contributed by atoms with Crippen molar-refractivity contribution >= 4 is 0 Å². The summed E-state index contributed by atoms with van der Waals surface area (Å²) in [6.07, 6.45) is 0. The molecule has 0 spiro atoms. The van der Waals surface area contributed by atoms with E-state index < -0.39 is 0 Å². The van der Waals surface area contributed by atoms with Crippen LogP contribution in [0.3, 0.4) is 0 Å². The second kappa shape index (κ2) is 13.8. The fourth-order valence-electron chi connectivity index (χ4n) is 0.354. The molecule has 0 aromatic rings. The van der Waals surface area contributed by atoms with Crippen molar-refractivity contribution in [1.29, 1.82) is 0 Å². The molecular formula is Ra6. The Bertz CT molecular complexity index is 12.0. The van der Waals surface area contributed by atoms with Crippen molar-refractivity contribution < 1.29 is 111 Å². The normalized spacial score (nSPS) is 3.00. The Morgan fingerprint density at radius 1 is 0.833 bits per heavy atom. The molecule has 0 bridgehead atoms. The Balaban J connectivity index is 2.34. The predicted octanol–water partition coefficient (Wildman–Crippen LogP) is 0. The molecule has 0 aromatic heterocycles. The van der Waals surface area contributed by atoms with Crippen molar-refractivity contribution in [2.24, 2.45) is 0 Å². The Kier molecular flexibility index (Phi) is 34.1. The molecule has 2 radical (unpaired) electrons. The maximum absolute atomic E-state index is 1.43. The number of hydrogen-bond donors (Lipinski definition) is 0. The van der Waals surface area contributed by atoms with Crippen LogP contribution in [0.25, 0.3) is 0 Å². The second-order valence-electron chi connectivity index (χ2n) is 1.41. The molecule has 0 fully saturated rings. The average Bonchev–Trinajstić information content (AvgIpc) is 1.61. The molecule has 0 saturated heterocycles. The molecule has 0 saturated carbocycles. The van der Waals surface area contributed by atoms with Crippen LogP contribution in [0.15, 0.2) is 0 Å². The quantitative estimate of drug-likeness (QED) is 0.350. The van der Waals surface area contributed by atoms with Gasteiger partial charge in [0, 0.05) is 0 Å². The summed E-state index contributed by atoms with van der Waals surface area (Å²) >= 11 is 4.65. The van der Waals surface area contributed by atoms with Gasteiger partial charge in [-0.2, -0.15) is 0 Å². The Morgan fingerprint density at radius 2 is 1.17 bits per heavy atom. The van der Waals surface area contributed by atoms with Gasteiger partial charge in [0.25, 0.3) is 0 Å². The van der Waals surface area contributed by atoms with Crippen molar-refractivity contribution in [2.45, 2.75) is 0 Å². The molecular weight excluding hydrogens is 1360 g/mol. The standard InChI is InChI=1S/6Ra. The molecule has 0 N–H and O–H groups in total. The SMILES string of the molecule is [Ra][Ra][Ra][Ra][Ra][Ra]. The van der Waals surface area contributed by atoms with E-state index in [1.54, 1.807) is 0 Å². The van der Waals surface area contributed by atoms with E-state index in [1.807, 2.05) is 0 Å². The summed E-state index contributed by atoms with van der Waals surface area (Å²) in [7, 11) is 0. The molecule has 0 aliphatic heterocycles. The van der Waals surface area contributed by atoms with E-state index in [9.17, 15) is 0 Å². The van der Waals surface area contributed by atoms with Crippen molar-refractivity contribution in [3.63, 3.8) is 0 Å². The van der Waals surface area contributed by atoms with Gasteiger partial charge < -0.3 is 0 Å². The van der Waals surface area contributed by atoms with Gasteiger partial charge in [-0.3, -0.25) is 0 Å². The van der Waals surface area contributed by atoms with Crippen LogP contribution in [-0.2, 0) is 0 Å². The molecule has 12 valence electrons. The third-order valence-corrected chi connectivity index (χ3v) is 5420. The molecule has 0 atom stereocenters. The summed E-state index contributed by atoms with van der Waals surface area (Å²) < 4.78 is 0. The van der Waals surface area contributed by atoms with Gasteiger partial charge in [0.15, 0.2) is 0 Å². The Hall–Kier alpha value is 8.81. The molecule has 0 nitrogen and oxygen atoms in total. The molecule has 6 heteroatoms. The van der Waals surface area contributed by atoms with E-state index >= 15 is 0 Å². The molecule has 0 unspecified atom stereocenters. The van der Waals surface area contributed by atoms with Crippen molar-refractivity contribution in [2.75, 3.05) is 0 Å². The van der Waals surface area contributed by atoms with E-state index in [2.05, 4.69) is 0 Å². The Morgan fingerprint density at radius 3 is 1.33 bits per heavy atom.